The number of rotatable bonds is 2. The van der Waals surface area contributed by atoms with Crippen molar-refractivity contribution in [2.24, 2.45) is 0 Å². The molecule has 0 aliphatic carbocycles. The summed E-state index contributed by atoms with van der Waals surface area (Å²) in [4.78, 5) is 0.982. The van der Waals surface area contributed by atoms with Crippen molar-refractivity contribution in [3.05, 3.63) is 44.9 Å². The Bertz CT molecular complexity index is 507. The summed E-state index contributed by atoms with van der Waals surface area (Å²) >= 11 is 1.57. The summed E-state index contributed by atoms with van der Waals surface area (Å²) in [6, 6.07) is 3.91. The van der Waals surface area contributed by atoms with Crippen LogP contribution in [0.15, 0.2) is 17.5 Å². The lowest BCUT2D eigenvalue weighted by Gasteiger charge is -2.12. The lowest BCUT2D eigenvalue weighted by atomic mass is 10.0. The third kappa shape index (κ3) is 1.99. The SMILES string of the molecule is Cc1cc(C(O)c2sccc2C)c(C)nn1. The van der Waals surface area contributed by atoms with Crippen LogP contribution in [0.25, 0.3) is 0 Å². The van der Waals surface area contributed by atoms with Crippen LogP contribution < -0.4 is 0 Å². The number of thiophene rings is 1. The lowest BCUT2D eigenvalue weighted by molar-refractivity contribution is 0.222. The van der Waals surface area contributed by atoms with Crippen molar-refractivity contribution in [2.45, 2.75) is 26.9 Å². The zero-order valence-corrected chi connectivity index (χ0v) is 10.4. The summed E-state index contributed by atoms with van der Waals surface area (Å²) in [5.41, 5.74) is 3.57. The van der Waals surface area contributed by atoms with Gasteiger partial charge < -0.3 is 5.11 Å². The van der Waals surface area contributed by atoms with Crippen LogP contribution in [0.3, 0.4) is 0 Å². The van der Waals surface area contributed by atoms with Gasteiger partial charge in [0, 0.05) is 10.4 Å². The van der Waals surface area contributed by atoms with Crippen molar-refractivity contribution in [2.75, 3.05) is 0 Å². The average molecular weight is 234 g/mol. The summed E-state index contributed by atoms with van der Waals surface area (Å²) in [6.07, 6.45) is -0.589. The molecule has 84 valence electrons. The maximum Gasteiger partial charge on any atom is 0.115 e. The highest BCUT2D eigenvalue weighted by atomic mass is 32.1. The van der Waals surface area contributed by atoms with E-state index >= 15 is 0 Å². The van der Waals surface area contributed by atoms with Crippen molar-refractivity contribution in [1.29, 1.82) is 0 Å². The smallest absolute Gasteiger partial charge is 0.115 e. The van der Waals surface area contributed by atoms with E-state index in [0.29, 0.717) is 0 Å². The quantitative estimate of drug-likeness (QED) is 0.868. The molecule has 0 spiro atoms. The number of aliphatic hydroxyl groups excluding tert-OH is 1. The molecule has 3 nitrogen and oxygen atoms in total. The molecular formula is C12H14N2OS. The number of aryl methyl sites for hydroxylation is 3. The normalized spacial score (nSPS) is 12.8. The minimum atomic E-state index is -0.589. The van der Waals surface area contributed by atoms with Crippen LogP contribution in [-0.4, -0.2) is 15.3 Å². The van der Waals surface area contributed by atoms with Gasteiger partial charge in [-0.25, -0.2) is 0 Å². The van der Waals surface area contributed by atoms with Gasteiger partial charge in [0.25, 0.3) is 0 Å². The lowest BCUT2D eigenvalue weighted by Crippen LogP contribution is -2.05. The maximum atomic E-state index is 10.3. The summed E-state index contributed by atoms with van der Waals surface area (Å²) in [5.74, 6) is 0. The summed E-state index contributed by atoms with van der Waals surface area (Å²) < 4.78 is 0. The van der Waals surface area contributed by atoms with Gasteiger partial charge in [-0.3, -0.25) is 0 Å². The first-order chi connectivity index (χ1) is 7.59. The van der Waals surface area contributed by atoms with Crippen molar-refractivity contribution < 1.29 is 5.11 Å². The van der Waals surface area contributed by atoms with E-state index in [1.54, 1.807) is 11.3 Å². The van der Waals surface area contributed by atoms with E-state index < -0.39 is 6.10 Å². The van der Waals surface area contributed by atoms with Gasteiger partial charge in [0.05, 0.1) is 11.4 Å². The Morgan fingerprint density at radius 3 is 2.62 bits per heavy atom. The van der Waals surface area contributed by atoms with Crippen LogP contribution in [0.4, 0.5) is 0 Å². The molecule has 4 heteroatoms. The van der Waals surface area contributed by atoms with Gasteiger partial charge in [0.1, 0.15) is 6.10 Å². The fraction of sp³-hybridized carbons (Fsp3) is 0.333. The Labute approximate surface area is 98.8 Å². The van der Waals surface area contributed by atoms with Crippen molar-refractivity contribution in [1.82, 2.24) is 10.2 Å². The van der Waals surface area contributed by atoms with Crippen LogP contribution in [0, 0.1) is 20.8 Å². The van der Waals surface area contributed by atoms with Gasteiger partial charge in [0.15, 0.2) is 0 Å². The molecule has 0 saturated carbocycles. The number of aromatic nitrogens is 2. The molecule has 0 aliphatic rings. The highest BCUT2D eigenvalue weighted by Gasteiger charge is 2.17. The molecule has 2 heterocycles. The first-order valence-electron chi connectivity index (χ1n) is 5.12. The first-order valence-corrected chi connectivity index (χ1v) is 6.00. The van der Waals surface area contributed by atoms with Crippen molar-refractivity contribution >= 4 is 11.3 Å². The van der Waals surface area contributed by atoms with Gasteiger partial charge in [-0.15, -0.1) is 11.3 Å². The van der Waals surface area contributed by atoms with Crippen LogP contribution >= 0.6 is 11.3 Å². The maximum absolute atomic E-state index is 10.3. The van der Waals surface area contributed by atoms with Crippen molar-refractivity contribution in [3.63, 3.8) is 0 Å². The fourth-order valence-electron chi connectivity index (χ4n) is 1.65. The second-order valence-electron chi connectivity index (χ2n) is 3.90. The molecule has 2 aromatic rings. The summed E-state index contributed by atoms with van der Waals surface area (Å²) in [5, 5.41) is 20.3. The minimum Gasteiger partial charge on any atom is -0.383 e. The number of hydrogen-bond donors (Lipinski definition) is 1. The van der Waals surface area contributed by atoms with Gasteiger partial charge in [-0.2, -0.15) is 10.2 Å². The topological polar surface area (TPSA) is 46.0 Å². The zero-order valence-electron chi connectivity index (χ0n) is 9.56. The molecule has 0 fully saturated rings. The standard InChI is InChI=1S/C12H14N2OS/c1-7-4-5-16-12(7)11(15)10-6-8(2)13-14-9(10)3/h4-6,11,15H,1-3H3. The van der Waals surface area contributed by atoms with Gasteiger partial charge in [-0.1, -0.05) is 0 Å². The van der Waals surface area contributed by atoms with Gasteiger partial charge >= 0.3 is 0 Å². The third-order valence-corrected chi connectivity index (χ3v) is 3.66. The van der Waals surface area contributed by atoms with Crippen LogP contribution in [0.2, 0.25) is 0 Å². The molecular weight excluding hydrogens is 220 g/mol. The average Bonchev–Trinajstić information content (AvgIpc) is 2.67. The highest BCUT2D eigenvalue weighted by molar-refractivity contribution is 7.10. The number of nitrogens with zero attached hydrogens (tertiary/aromatic N) is 2. The second kappa shape index (κ2) is 4.31. The zero-order chi connectivity index (χ0) is 11.7. The molecule has 0 amide bonds. The van der Waals surface area contributed by atoms with Crippen LogP contribution in [0.1, 0.15) is 33.5 Å². The number of hydrogen-bond acceptors (Lipinski definition) is 4. The molecule has 0 saturated heterocycles. The predicted molar refractivity (Wildman–Crippen MR) is 64.6 cm³/mol. The molecule has 1 N–H and O–H groups in total. The Hall–Kier alpha value is -1.26. The van der Waals surface area contributed by atoms with E-state index in [9.17, 15) is 5.11 Å². The molecule has 16 heavy (non-hydrogen) atoms. The number of aliphatic hydroxyl groups is 1. The molecule has 0 radical (unpaired) electrons. The first kappa shape index (κ1) is 11.2. The predicted octanol–water partition coefficient (Wildman–Crippen LogP) is 2.55. The molecule has 0 bridgehead atoms. The van der Waals surface area contributed by atoms with Crippen LogP contribution in [-0.2, 0) is 0 Å². The second-order valence-corrected chi connectivity index (χ2v) is 4.84. The van der Waals surface area contributed by atoms with Gasteiger partial charge in [0.2, 0.25) is 0 Å². The Kier molecular flexibility index (Phi) is 3.03. The summed E-state index contributed by atoms with van der Waals surface area (Å²) in [7, 11) is 0. The van der Waals surface area contributed by atoms with E-state index in [1.165, 1.54) is 0 Å². The molecule has 0 aliphatic heterocycles. The Balaban J connectivity index is 2.45. The highest BCUT2D eigenvalue weighted by Crippen LogP contribution is 2.30. The largest absolute Gasteiger partial charge is 0.383 e. The third-order valence-electron chi connectivity index (χ3n) is 2.58. The molecule has 2 aromatic heterocycles. The molecule has 2 rings (SSSR count). The van der Waals surface area contributed by atoms with E-state index in [4.69, 9.17) is 0 Å². The monoisotopic (exact) mass is 234 g/mol. The van der Waals surface area contributed by atoms with E-state index in [-0.39, 0.29) is 0 Å². The van der Waals surface area contributed by atoms with E-state index in [1.807, 2.05) is 38.3 Å². The van der Waals surface area contributed by atoms with E-state index in [2.05, 4.69) is 10.2 Å². The Morgan fingerprint density at radius 2 is 2.00 bits per heavy atom. The van der Waals surface area contributed by atoms with Crippen LogP contribution in [0.5, 0.6) is 0 Å². The molecule has 1 atom stereocenters. The Morgan fingerprint density at radius 1 is 1.25 bits per heavy atom. The van der Waals surface area contributed by atoms with Gasteiger partial charge in [-0.05, 0) is 43.8 Å². The minimum absolute atomic E-state index is 0.589. The molecule has 0 aromatic carbocycles. The summed E-state index contributed by atoms with van der Waals surface area (Å²) in [6.45, 7) is 5.75. The van der Waals surface area contributed by atoms with Crippen molar-refractivity contribution in [3.8, 4) is 0 Å². The fourth-order valence-corrected chi connectivity index (χ4v) is 2.58. The van der Waals surface area contributed by atoms with E-state index in [0.717, 1.165) is 27.4 Å². The molecule has 1 unspecified atom stereocenters.